The second-order valence-electron chi connectivity index (χ2n) is 19.4. The summed E-state index contributed by atoms with van der Waals surface area (Å²) in [5, 5.41) is 39.8. The lowest BCUT2D eigenvalue weighted by Crippen LogP contribution is -2.50. The molecule has 27 heteroatoms. The number of nitrogens with one attached hydrogen (secondary N) is 2. The van der Waals surface area contributed by atoms with Crippen LogP contribution in [0.5, 0.6) is 5.75 Å². The normalized spacial score (nSPS) is 19.9. The van der Waals surface area contributed by atoms with Gasteiger partial charge in [-0.1, -0.05) is 49.4 Å². The molecule has 0 aliphatic carbocycles. The number of aromatic nitrogens is 7. The molecule has 2 aliphatic rings. The second-order valence-corrected chi connectivity index (χ2v) is 25.0. The van der Waals surface area contributed by atoms with Crippen LogP contribution < -0.4 is 26.8 Å². The third kappa shape index (κ3) is 11.5. The van der Waals surface area contributed by atoms with Crippen molar-refractivity contribution in [3.05, 3.63) is 147 Å². The quantitative estimate of drug-likeness (QED) is 0.0811. The van der Waals surface area contributed by atoms with Crippen LogP contribution in [0.1, 0.15) is 117 Å². The van der Waals surface area contributed by atoms with Crippen molar-refractivity contribution in [2.24, 2.45) is 17.4 Å². The van der Waals surface area contributed by atoms with E-state index in [1.807, 2.05) is 12.3 Å². The smallest absolute Gasteiger partial charge is 0.271 e. The van der Waals surface area contributed by atoms with E-state index in [1.165, 1.54) is 44.8 Å². The number of thiazole rings is 6. The highest BCUT2D eigenvalue weighted by molar-refractivity contribution is 7.15. The van der Waals surface area contributed by atoms with Crippen LogP contribution in [0.3, 0.4) is 0 Å². The van der Waals surface area contributed by atoms with Crippen LogP contribution in [0.15, 0.2) is 93.6 Å². The van der Waals surface area contributed by atoms with E-state index in [2.05, 4.69) is 20.6 Å². The number of hydrogen-bond donors (Lipinski definition) is 6. The summed E-state index contributed by atoms with van der Waals surface area (Å²) < 4.78 is 5.39. The van der Waals surface area contributed by atoms with Gasteiger partial charge in [0.25, 0.3) is 17.7 Å². The van der Waals surface area contributed by atoms with Crippen LogP contribution in [0, 0.1) is 12.8 Å². The van der Waals surface area contributed by atoms with Crippen molar-refractivity contribution >= 4 is 103 Å². The molecule has 21 nitrogen and oxygen atoms in total. The fraction of sp³-hybridized carbons (Fsp3) is 0.255. The van der Waals surface area contributed by atoms with Crippen LogP contribution >= 0.6 is 68.0 Å². The molecule has 10 bridgehead atoms. The molecule has 0 unspecified atom stereocenters. The van der Waals surface area contributed by atoms with Crippen LogP contribution in [0.2, 0.25) is 0 Å². The van der Waals surface area contributed by atoms with E-state index in [4.69, 9.17) is 41.1 Å². The van der Waals surface area contributed by atoms with Crippen LogP contribution in [-0.2, 0) is 16.0 Å². The number of aliphatic hydroxyl groups is 2. The van der Waals surface area contributed by atoms with E-state index in [-0.39, 0.29) is 58.6 Å². The van der Waals surface area contributed by atoms with E-state index in [0.29, 0.717) is 70.1 Å². The van der Waals surface area contributed by atoms with E-state index in [1.54, 1.807) is 96.4 Å². The summed E-state index contributed by atoms with van der Waals surface area (Å²) in [6.07, 6.45) is -2.88. The molecule has 9 heterocycles. The molecule has 1 saturated heterocycles. The molecule has 82 heavy (non-hydrogen) atoms. The first-order valence-electron chi connectivity index (χ1n) is 25.3. The summed E-state index contributed by atoms with van der Waals surface area (Å²) in [6.45, 7) is 3.46. The number of methoxy groups -OCH3 is 1. The number of rotatable bonds is 9. The molecule has 7 aromatic heterocycles. The van der Waals surface area contributed by atoms with E-state index >= 15 is 4.79 Å². The van der Waals surface area contributed by atoms with Crippen LogP contribution in [-0.4, -0.2) is 111 Å². The fourth-order valence-corrected chi connectivity index (χ4v) is 15.1. The van der Waals surface area contributed by atoms with Gasteiger partial charge in [-0.15, -0.1) is 68.0 Å². The fourth-order valence-electron chi connectivity index (χ4n) is 9.70. The lowest BCUT2D eigenvalue weighted by atomic mass is 9.90. The Morgan fingerprint density at radius 1 is 0.707 bits per heavy atom. The maximum Gasteiger partial charge on any atom is 0.271 e. The summed E-state index contributed by atoms with van der Waals surface area (Å²) in [5.41, 5.74) is 14.7. The molecular formula is C55H48N12O9S6. The number of primary amides is 2. The molecule has 2 aliphatic heterocycles. The van der Waals surface area contributed by atoms with E-state index in [0.717, 1.165) is 34.0 Å². The number of ether oxygens (including phenoxy) is 1. The minimum atomic E-state index is -1.28. The van der Waals surface area contributed by atoms with Crippen molar-refractivity contribution in [3.8, 4) is 49.1 Å². The predicted octanol–water partition coefficient (Wildman–Crippen LogP) is 7.58. The summed E-state index contributed by atoms with van der Waals surface area (Å²) >= 11 is 7.08. The lowest BCUT2D eigenvalue weighted by Gasteiger charge is -2.29. The van der Waals surface area contributed by atoms with Gasteiger partial charge in [0.1, 0.15) is 76.7 Å². The first kappa shape index (κ1) is 56.0. The van der Waals surface area contributed by atoms with Crippen LogP contribution in [0.25, 0.3) is 43.4 Å². The number of aryl methyl sites for hydroxylation is 1. The number of nitrogens with zero attached hydrogens (tertiary/aromatic N) is 8. The number of aliphatic hydroxyl groups excluding tert-OH is 2. The van der Waals surface area contributed by atoms with Gasteiger partial charge >= 0.3 is 0 Å². The zero-order valence-corrected chi connectivity index (χ0v) is 48.4. The number of carbonyl (C=O) groups is 6. The van der Waals surface area contributed by atoms with Gasteiger partial charge in [-0.05, 0) is 42.3 Å². The second kappa shape index (κ2) is 23.5. The number of benzene rings is 2. The average molecular weight is 1210 g/mol. The molecule has 7 atom stereocenters. The minimum Gasteiger partial charge on any atom is -0.497 e. The predicted molar refractivity (Wildman–Crippen MR) is 311 cm³/mol. The van der Waals surface area contributed by atoms with Gasteiger partial charge in [-0.2, -0.15) is 0 Å². The Hall–Kier alpha value is -7.89. The molecule has 2 aromatic carbocycles. The maximum absolute atomic E-state index is 15.2. The Labute approximate surface area is 491 Å². The third-order valence-electron chi connectivity index (χ3n) is 14.0. The van der Waals surface area contributed by atoms with E-state index in [9.17, 15) is 34.2 Å². The number of nitrogens with two attached hydrogens (primary N) is 2. The first-order chi connectivity index (χ1) is 39.5. The molecule has 11 rings (SSSR count). The highest BCUT2D eigenvalue weighted by atomic mass is 32.1. The van der Waals surface area contributed by atoms with Crippen molar-refractivity contribution in [2.45, 2.75) is 69.4 Å². The molecule has 9 aromatic rings. The largest absolute Gasteiger partial charge is 0.497 e. The SMILES string of the molecule is COc1ccc(C[C@@H]2NC(=O)c3csc(n3)[C@H]([C@H](O)c3ccccc3)CC(=O)c3nc(sc3C)[C@H](CC(N)=O)NC(=O)c3csc(n3)-c3ccc(-c4nc(C(N)=O)cs4)nc3-c3csc(n3)-c3csc(n3)[C@@H]3[C@@H](C)[C@@H](O)CN3C2=O)cc1. The van der Waals surface area contributed by atoms with Crippen molar-refractivity contribution in [2.75, 3.05) is 13.7 Å². The Morgan fingerprint density at radius 2 is 1.35 bits per heavy atom. The molecule has 1 fully saturated rings. The average Bonchev–Trinajstić information content (AvgIpc) is 4.44. The Kier molecular flexibility index (Phi) is 16.1. The molecule has 0 saturated carbocycles. The number of ketones is 1. The Balaban J connectivity index is 1.02. The molecular weight excluding hydrogens is 1170 g/mol. The van der Waals surface area contributed by atoms with Crippen molar-refractivity contribution in [1.82, 2.24) is 50.4 Å². The molecule has 418 valence electrons. The number of carbonyl (C=O) groups excluding carboxylic acids is 6. The van der Waals surface area contributed by atoms with Gasteiger partial charge in [-0.25, -0.2) is 34.9 Å². The molecule has 0 radical (unpaired) electrons. The summed E-state index contributed by atoms with van der Waals surface area (Å²) in [5.74, 6) is -4.66. The Morgan fingerprint density at radius 3 is 2.09 bits per heavy atom. The highest BCUT2D eigenvalue weighted by Crippen LogP contribution is 2.43. The zero-order chi connectivity index (χ0) is 57.5. The lowest BCUT2D eigenvalue weighted by molar-refractivity contribution is -0.134. The third-order valence-corrected chi connectivity index (χ3v) is 19.6. The summed E-state index contributed by atoms with van der Waals surface area (Å²) in [4.78, 5) is 119. The molecule has 8 N–H and O–H groups in total. The van der Waals surface area contributed by atoms with Crippen molar-refractivity contribution in [1.29, 1.82) is 0 Å². The zero-order valence-electron chi connectivity index (χ0n) is 43.5. The van der Waals surface area contributed by atoms with Gasteiger partial charge in [0, 0.05) is 68.6 Å². The topological polar surface area (TPSA) is 322 Å². The highest BCUT2D eigenvalue weighted by Gasteiger charge is 2.45. The van der Waals surface area contributed by atoms with Gasteiger partial charge in [0.2, 0.25) is 11.8 Å². The molecule has 5 amide bonds. The molecule has 0 spiro atoms. The van der Waals surface area contributed by atoms with Gasteiger partial charge in [-0.3, -0.25) is 28.8 Å². The van der Waals surface area contributed by atoms with Gasteiger partial charge in [0.05, 0.1) is 48.5 Å². The summed E-state index contributed by atoms with van der Waals surface area (Å²) in [6, 6.07) is 16.3. The van der Waals surface area contributed by atoms with Crippen molar-refractivity contribution < 1.29 is 43.7 Å². The van der Waals surface area contributed by atoms with E-state index < -0.39 is 77.5 Å². The standard InChI is InChI=1S/C55H48N12O9S6/c1-24-40(69)18-67-44(24)54-65-38(23-81-54)52-61-34(19-79-52)43-29(13-14-31(58-43)51-62-35(20-80-51)46(57)72)49-63-36(21-77-49)47(73)59-32(17-41(56)70)53-66-42(25(2)82-53)39(68)16-30(45(71)27-7-5-4-6-8-27)50-64-37(22-78-50)48(74)60-33(55(67)75)15-26-9-11-28(76-3)12-10-26/h4-14,19-24,30,32-33,40,44-45,69,71H,15-18H2,1-3H3,(H2,56,70)(H2,57,72)(H,59,73)(H,60,74)/t24-,30-,32-,33-,40-,44-,45+/m0/s1. The minimum absolute atomic E-state index is 0.00176. The van der Waals surface area contributed by atoms with Crippen molar-refractivity contribution in [3.63, 3.8) is 0 Å². The summed E-state index contributed by atoms with van der Waals surface area (Å²) in [7, 11) is 1.54. The van der Waals surface area contributed by atoms with Crippen LogP contribution in [0.4, 0.5) is 0 Å². The monoisotopic (exact) mass is 1210 g/mol. The number of hydrogen-bond acceptors (Lipinski definition) is 22. The number of pyridine rings is 1. The number of fused-ring (bicyclic) bond motifs is 16. The first-order valence-corrected chi connectivity index (χ1v) is 30.6. The van der Waals surface area contributed by atoms with Gasteiger partial charge in [0.15, 0.2) is 5.78 Å². The number of Topliss-reactive ketones (excluding diaryl/α,β-unsaturated/α-hetero) is 1. The number of amides is 5. The maximum atomic E-state index is 15.2. The Bertz CT molecular complexity index is 3910. The van der Waals surface area contributed by atoms with Gasteiger partial charge < -0.3 is 42.0 Å².